The van der Waals surface area contributed by atoms with Crippen molar-refractivity contribution in [2.24, 2.45) is 0 Å². The minimum absolute atomic E-state index is 0.240. The first-order valence-corrected chi connectivity index (χ1v) is 7.71. The predicted molar refractivity (Wildman–Crippen MR) is 95.0 cm³/mol. The molecule has 132 valence electrons. The van der Waals surface area contributed by atoms with Crippen molar-refractivity contribution < 1.29 is 23.8 Å². The molecule has 0 aliphatic carbocycles. The number of ether oxygens (including phenoxy) is 3. The van der Waals surface area contributed by atoms with Crippen LogP contribution in [0.15, 0.2) is 30.3 Å². The lowest BCUT2D eigenvalue weighted by Gasteiger charge is -2.14. The van der Waals surface area contributed by atoms with E-state index in [0.717, 1.165) is 0 Å². The third kappa shape index (κ3) is 3.85. The molecule has 0 aliphatic rings. The summed E-state index contributed by atoms with van der Waals surface area (Å²) in [4.78, 5) is 24.6. The van der Waals surface area contributed by atoms with Crippen LogP contribution in [0.5, 0.6) is 11.5 Å². The minimum Gasteiger partial charge on any atom is -0.493 e. The van der Waals surface area contributed by atoms with Crippen LogP contribution in [-0.2, 0) is 4.74 Å². The number of esters is 1. The second-order valence-electron chi connectivity index (χ2n) is 5.14. The molecule has 2 rings (SSSR count). The molecule has 2 aromatic carbocycles. The topological polar surface area (TPSA) is 73.9 Å². The molecule has 0 saturated heterocycles. The smallest absolute Gasteiger partial charge is 0.340 e. The van der Waals surface area contributed by atoms with Gasteiger partial charge in [0.25, 0.3) is 5.91 Å². The number of hydrogen-bond donors (Lipinski definition) is 1. The standard InChI is InChI=1S/C18H18ClNO5/c1-10-6-5-7-13(15(10)18(22)25-4)20-17(21)11-8-12(19)16(24-3)14(9-11)23-2/h5-9H,1-4H3,(H,20,21). The zero-order valence-corrected chi connectivity index (χ0v) is 15.1. The highest BCUT2D eigenvalue weighted by Gasteiger charge is 2.19. The summed E-state index contributed by atoms with van der Waals surface area (Å²) in [6, 6.07) is 8.09. The van der Waals surface area contributed by atoms with E-state index in [-0.39, 0.29) is 10.6 Å². The summed E-state index contributed by atoms with van der Waals surface area (Å²) in [7, 11) is 4.19. The fourth-order valence-corrected chi connectivity index (χ4v) is 2.68. The van der Waals surface area contributed by atoms with Gasteiger partial charge in [-0.1, -0.05) is 23.7 Å². The summed E-state index contributed by atoms with van der Waals surface area (Å²) in [5.41, 5.74) is 1.60. The molecule has 0 aromatic heterocycles. The van der Waals surface area contributed by atoms with Crippen LogP contribution in [-0.4, -0.2) is 33.2 Å². The molecular weight excluding hydrogens is 346 g/mol. The fraction of sp³-hybridized carbons (Fsp3) is 0.222. The van der Waals surface area contributed by atoms with Crippen molar-refractivity contribution in [1.29, 1.82) is 0 Å². The molecule has 0 spiro atoms. The Balaban J connectivity index is 2.40. The number of amides is 1. The monoisotopic (exact) mass is 363 g/mol. The normalized spacial score (nSPS) is 10.1. The summed E-state index contributed by atoms with van der Waals surface area (Å²) in [5.74, 6) is -0.304. The van der Waals surface area contributed by atoms with Crippen molar-refractivity contribution in [2.45, 2.75) is 6.92 Å². The van der Waals surface area contributed by atoms with E-state index in [2.05, 4.69) is 5.32 Å². The Hall–Kier alpha value is -2.73. The lowest BCUT2D eigenvalue weighted by Crippen LogP contribution is -2.16. The van der Waals surface area contributed by atoms with Gasteiger partial charge in [-0.25, -0.2) is 4.79 Å². The maximum atomic E-state index is 12.6. The van der Waals surface area contributed by atoms with Gasteiger partial charge in [0.15, 0.2) is 11.5 Å². The third-order valence-corrected chi connectivity index (χ3v) is 3.89. The van der Waals surface area contributed by atoms with Crippen LogP contribution < -0.4 is 14.8 Å². The second kappa shape index (κ2) is 7.90. The molecule has 1 amide bonds. The van der Waals surface area contributed by atoms with Gasteiger partial charge in [-0.05, 0) is 30.7 Å². The molecule has 0 unspecified atom stereocenters. The van der Waals surface area contributed by atoms with Gasteiger partial charge in [-0.2, -0.15) is 0 Å². The van der Waals surface area contributed by atoms with Gasteiger partial charge in [0, 0.05) is 5.56 Å². The number of halogens is 1. The molecule has 6 nitrogen and oxygen atoms in total. The summed E-state index contributed by atoms with van der Waals surface area (Å²) in [5, 5.41) is 2.94. The lowest BCUT2D eigenvalue weighted by molar-refractivity contribution is 0.0601. The fourth-order valence-electron chi connectivity index (χ4n) is 2.39. The highest BCUT2D eigenvalue weighted by Crippen LogP contribution is 2.36. The number of hydrogen-bond acceptors (Lipinski definition) is 5. The Morgan fingerprint density at radius 3 is 2.40 bits per heavy atom. The number of rotatable bonds is 5. The minimum atomic E-state index is -0.529. The van der Waals surface area contributed by atoms with E-state index >= 15 is 0 Å². The summed E-state index contributed by atoms with van der Waals surface area (Å²) >= 11 is 6.13. The molecule has 0 fully saturated rings. The van der Waals surface area contributed by atoms with Gasteiger partial charge >= 0.3 is 5.97 Å². The number of benzene rings is 2. The lowest BCUT2D eigenvalue weighted by atomic mass is 10.1. The summed E-state index contributed by atoms with van der Waals surface area (Å²) in [6.07, 6.45) is 0. The number of nitrogens with one attached hydrogen (secondary N) is 1. The zero-order valence-electron chi connectivity index (χ0n) is 14.3. The van der Waals surface area contributed by atoms with E-state index in [1.807, 2.05) is 0 Å². The number of methoxy groups -OCH3 is 3. The Labute approximate surface area is 150 Å². The molecule has 2 aromatic rings. The van der Waals surface area contributed by atoms with E-state index in [4.69, 9.17) is 25.8 Å². The number of anilines is 1. The number of carbonyl (C=O) groups excluding carboxylic acids is 2. The molecule has 25 heavy (non-hydrogen) atoms. The van der Waals surface area contributed by atoms with Crippen LogP contribution in [0.1, 0.15) is 26.3 Å². The van der Waals surface area contributed by atoms with Crippen LogP contribution in [0.2, 0.25) is 5.02 Å². The van der Waals surface area contributed by atoms with Crippen molar-refractivity contribution in [1.82, 2.24) is 0 Å². The van der Waals surface area contributed by atoms with Crippen LogP contribution in [0.25, 0.3) is 0 Å². The molecule has 0 aliphatic heterocycles. The molecule has 0 saturated carbocycles. The molecule has 0 bridgehead atoms. The third-order valence-electron chi connectivity index (χ3n) is 3.61. The van der Waals surface area contributed by atoms with Crippen molar-refractivity contribution in [3.05, 3.63) is 52.0 Å². The Morgan fingerprint density at radius 1 is 1.08 bits per heavy atom. The van der Waals surface area contributed by atoms with Gasteiger partial charge in [0.2, 0.25) is 0 Å². The molecule has 0 radical (unpaired) electrons. The molecule has 0 heterocycles. The highest BCUT2D eigenvalue weighted by molar-refractivity contribution is 6.32. The van der Waals surface area contributed by atoms with E-state index < -0.39 is 11.9 Å². The van der Waals surface area contributed by atoms with Crippen molar-refractivity contribution in [2.75, 3.05) is 26.6 Å². The SMILES string of the molecule is COC(=O)c1c(C)cccc1NC(=O)c1cc(Cl)c(OC)c(OC)c1. The van der Waals surface area contributed by atoms with Gasteiger partial charge < -0.3 is 19.5 Å². The molecule has 7 heteroatoms. The van der Waals surface area contributed by atoms with Crippen LogP contribution >= 0.6 is 11.6 Å². The number of carbonyl (C=O) groups is 2. The van der Waals surface area contributed by atoms with Gasteiger partial charge in [-0.15, -0.1) is 0 Å². The van der Waals surface area contributed by atoms with Gasteiger partial charge in [-0.3, -0.25) is 4.79 Å². The van der Waals surface area contributed by atoms with E-state index in [9.17, 15) is 9.59 Å². The summed E-state index contributed by atoms with van der Waals surface area (Å²) < 4.78 is 15.1. The van der Waals surface area contributed by atoms with Crippen LogP contribution in [0.3, 0.4) is 0 Å². The van der Waals surface area contributed by atoms with Crippen molar-refractivity contribution in [3.63, 3.8) is 0 Å². The Kier molecular flexibility index (Phi) is 5.88. The molecular formula is C18H18ClNO5. The average Bonchev–Trinajstić information content (AvgIpc) is 2.60. The van der Waals surface area contributed by atoms with Crippen LogP contribution in [0.4, 0.5) is 5.69 Å². The first-order chi connectivity index (χ1) is 11.9. The maximum absolute atomic E-state index is 12.6. The average molecular weight is 364 g/mol. The number of aryl methyl sites for hydroxylation is 1. The summed E-state index contributed by atoms with van der Waals surface area (Å²) in [6.45, 7) is 1.76. The highest BCUT2D eigenvalue weighted by atomic mass is 35.5. The first-order valence-electron chi connectivity index (χ1n) is 7.33. The van der Waals surface area contributed by atoms with Gasteiger partial charge in [0.1, 0.15) is 0 Å². The molecule has 1 N–H and O–H groups in total. The zero-order chi connectivity index (χ0) is 18.6. The maximum Gasteiger partial charge on any atom is 0.340 e. The predicted octanol–water partition coefficient (Wildman–Crippen LogP) is 3.70. The quantitative estimate of drug-likeness (QED) is 0.820. The van der Waals surface area contributed by atoms with E-state index in [1.165, 1.54) is 33.5 Å². The second-order valence-corrected chi connectivity index (χ2v) is 5.54. The van der Waals surface area contributed by atoms with E-state index in [0.29, 0.717) is 28.3 Å². The van der Waals surface area contributed by atoms with E-state index in [1.54, 1.807) is 25.1 Å². The largest absolute Gasteiger partial charge is 0.493 e. The molecule has 0 atom stereocenters. The van der Waals surface area contributed by atoms with Crippen LogP contribution in [0, 0.1) is 6.92 Å². The Bertz CT molecular complexity index is 819. The van der Waals surface area contributed by atoms with Gasteiger partial charge in [0.05, 0.1) is 37.6 Å². The Morgan fingerprint density at radius 2 is 1.80 bits per heavy atom. The van der Waals surface area contributed by atoms with Crippen molar-refractivity contribution >= 4 is 29.2 Å². The van der Waals surface area contributed by atoms with Crippen molar-refractivity contribution in [3.8, 4) is 11.5 Å². The first kappa shape index (κ1) is 18.6.